The molecule has 0 rings (SSSR count). The van der Waals surface area contributed by atoms with E-state index in [1.165, 1.54) is 0 Å². The Kier molecular flexibility index (Phi) is 5.14. The number of nitrogens with zero attached hydrogens (tertiary/aromatic N) is 8. The maximum Gasteiger partial charge on any atom is 0.886 e. The monoisotopic (exact) mass is 404 g/mol. The lowest BCUT2D eigenvalue weighted by Gasteiger charge is -2.17. The molecule has 0 aliphatic rings. The van der Waals surface area contributed by atoms with Crippen LogP contribution in [-0.4, -0.2) is 56.6 Å². The Morgan fingerprint density at radius 2 is 0.481 bits per heavy atom. The van der Waals surface area contributed by atoms with E-state index in [2.05, 4.69) is 0 Å². The maximum atomic E-state index is 11.1. The standard InChI is InChI=1S/C3N8O16/c12-4(13)1(5(14)15,2(6(16)17,7(18)19)8(20)21)3(9(22)23,10(24)25)11(26)27. The molecule has 0 radical (unpaired) electrons. The minimum Gasteiger partial charge on any atom is -0.257 e. The zero-order valence-electron chi connectivity index (χ0n) is 11.6. The number of hydrogen-bond acceptors (Lipinski definition) is 16. The Morgan fingerprint density at radius 1 is 0.333 bits per heavy atom. The van der Waals surface area contributed by atoms with Crippen LogP contribution in [0.1, 0.15) is 0 Å². The van der Waals surface area contributed by atoms with E-state index in [4.69, 9.17) is 0 Å². The average molecular weight is 404 g/mol. The first-order valence-corrected chi connectivity index (χ1v) is 5.21. The van der Waals surface area contributed by atoms with Crippen LogP contribution >= 0.6 is 0 Å². The molecule has 24 heteroatoms. The maximum absolute atomic E-state index is 11.1. The molecule has 0 bridgehead atoms. The van der Waals surface area contributed by atoms with Crippen LogP contribution in [0.4, 0.5) is 0 Å². The minimum atomic E-state index is -6.49. The minimum absolute atomic E-state index is 3.07. The zero-order valence-corrected chi connectivity index (χ0v) is 11.6. The smallest absolute Gasteiger partial charge is 0.257 e. The summed E-state index contributed by atoms with van der Waals surface area (Å²) in [6.45, 7) is 0. The van der Waals surface area contributed by atoms with Gasteiger partial charge in [0, 0.05) is 0 Å². The van der Waals surface area contributed by atoms with Gasteiger partial charge in [-0.05, 0) is 0 Å². The summed E-state index contributed by atoms with van der Waals surface area (Å²) in [6.07, 6.45) is 0. The van der Waals surface area contributed by atoms with Gasteiger partial charge in [-0.1, -0.05) is 0 Å². The third kappa shape index (κ3) is 2.09. The summed E-state index contributed by atoms with van der Waals surface area (Å²) >= 11 is 0. The summed E-state index contributed by atoms with van der Waals surface area (Å²) in [4.78, 5) is 63.0. The highest BCUT2D eigenvalue weighted by Gasteiger charge is 3.26. The third-order valence-corrected chi connectivity index (χ3v) is 2.99. The van der Waals surface area contributed by atoms with Crippen molar-refractivity contribution in [2.45, 2.75) is 17.2 Å². The van der Waals surface area contributed by atoms with Gasteiger partial charge in [-0.15, -0.1) is 0 Å². The molecule has 0 aromatic carbocycles. The van der Waals surface area contributed by atoms with Crippen molar-refractivity contribution in [1.29, 1.82) is 0 Å². The topological polar surface area (TPSA) is 345 Å². The van der Waals surface area contributed by atoms with Crippen LogP contribution < -0.4 is 0 Å². The van der Waals surface area contributed by atoms with Crippen molar-refractivity contribution in [3.63, 3.8) is 0 Å². The Bertz CT molecular complexity index is 657. The number of rotatable bonds is 10. The van der Waals surface area contributed by atoms with Crippen molar-refractivity contribution < 1.29 is 39.4 Å². The molecule has 148 valence electrons. The van der Waals surface area contributed by atoms with Gasteiger partial charge in [-0.3, -0.25) is 80.9 Å². The van der Waals surface area contributed by atoms with Crippen LogP contribution in [0.2, 0.25) is 0 Å². The molecule has 0 heterocycles. The van der Waals surface area contributed by atoms with Gasteiger partial charge in [0.2, 0.25) is 0 Å². The SMILES string of the molecule is O=[N+]([O-])C([N+](=O)[O-])([N+](=O)[O-])C([N+](=O)[O-])([N+](=O)[O-])C([N+](=O)[O-])([N+](=O)[O-])[N+](=O)[O-]. The molecule has 0 N–H and O–H groups in total. The van der Waals surface area contributed by atoms with Crippen LogP contribution in [0.3, 0.4) is 0 Å². The fourth-order valence-corrected chi connectivity index (χ4v) is 1.95. The molecule has 0 amide bonds. The highest BCUT2D eigenvalue weighted by atomic mass is 16.8. The lowest BCUT2D eigenvalue weighted by molar-refractivity contribution is -1.13. The molecule has 0 aliphatic carbocycles. The molecule has 0 aliphatic heterocycles. The number of hydrogen-bond donors (Lipinski definition) is 0. The average Bonchev–Trinajstić information content (AvgIpc) is 2.43. The summed E-state index contributed by atoms with van der Waals surface area (Å²) in [6, 6.07) is 0. The van der Waals surface area contributed by atoms with Crippen LogP contribution in [0.5, 0.6) is 0 Å². The van der Waals surface area contributed by atoms with Gasteiger partial charge in [0.05, 0.1) is 0 Å². The first kappa shape index (κ1) is 22.2. The predicted octanol–water partition coefficient (Wildman–Crippen LogP) is -2.80. The van der Waals surface area contributed by atoms with E-state index in [1.54, 1.807) is 0 Å². The normalized spacial score (nSPS) is 11.9. The van der Waals surface area contributed by atoms with E-state index < -0.39 is 56.6 Å². The molecule has 24 nitrogen and oxygen atoms in total. The van der Waals surface area contributed by atoms with Gasteiger partial charge in [0.25, 0.3) is 0 Å². The zero-order chi connectivity index (χ0) is 22.1. The predicted molar refractivity (Wildman–Crippen MR) is 64.1 cm³/mol. The molecule has 0 fully saturated rings. The summed E-state index contributed by atoms with van der Waals surface area (Å²) in [5.41, 5.74) is -6.49. The van der Waals surface area contributed by atoms with Crippen molar-refractivity contribution >= 4 is 0 Å². The lowest BCUT2D eigenvalue weighted by atomic mass is 9.94. The Morgan fingerprint density at radius 3 is 0.556 bits per heavy atom. The second-order valence-corrected chi connectivity index (χ2v) is 4.00. The Labute approximate surface area is 139 Å². The fraction of sp³-hybridized carbons (Fsp3) is 1.00. The van der Waals surface area contributed by atoms with Gasteiger partial charge in [-0.25, -0.2) is 0 Å². The van der Waals surface area contributed by atoms with E-state index >= 15 is 0 Å². The van der Waals surface area contributed by atoms with Crippen LogP contribution in [-0.2, 0) is 0 Å². The molecule has 0 saturated heterocycles. The largest absolute Gasteiger partial charge is 0.886 e. The van der Waals surface area contributed by atoms with E-state index in [-0.39, 0.29) is 0 Å². The van der Waals surface area contributed by atoms with Gasteiger partial charge in [-0.2, -0.15) is 0 Å². The van der Waals surface area contributed by atoms with Gasteiger partial charge in [0.15, 0.2) is 29.5 Å². The Hall–Kier alpha value is -4.80. The van der Waals surface area contributed by atoms with E-state index in [0.717, 1.165) is 0 Å². The van der Waals surface area contributed by atoms with Gasteiger partial charge >= 0.3 is 17.2 Å². The van der Waals surface area contributed by atoms with Gasteiger partial charge in [0.1, 0.15) is 9.85 Å². The fourth-order valence-electron chi connectivity index (χ4n) is 1.95. The number of nitro groups is 8. The molecular weight excluding hydrogens is 404 g/mol. The Balaban J connectivity index is 8.39. The van der Waals surface area contributed by atoms with Crippen molar-refractivity contribution in [3.05, 3.63) is 80.9 Å². The molecule has 0 unspecified atom stereocenters. The molecule has 0 spiro atoms. The van der Waals surface area contributed by atoms with Crippen molar-refractivity contribution in [2.75, 3.05) is 0 Å². The summed E-state index contributed by atoms with van der Waals surface area (Å²) in [5.74, 6) is -12.5. The molecule has 0 aromatic heterocycles. The summed E-state index contributed by atoms with van der Waals surface area (Å²) in [7, 11) is 0. The third-order valence-electron chi connectivity index (χ3n) is 2.99. The van der Waals surface area contributed by atoms with Crippen LogP contribution in [0.15, 0.2) is 0 Å². The molecule has 0 saturated carbocycles. The summed E-state index contributed by atoms with van der Waals surface area (Å²) < 4.78 is 0. The lowest BCUT2D eigenvalue weighted by Crippen LogP contribution is -2.88. The van der Waals surface area contributed by atoms with E-state index in [9.17, 15) is 80.9 Å². The van der Waals surface area contributed by atoms with Gasteiger partial charge < -0.3 is 0 Å². The van der Waals surface area contributed by atoms with Crippen LogP contribution in [0.25, 0.3) is 0 Å². The highest BCUT2D eigenvalue weighted by Crippen LogP contribution is 2.42. The summed E-state index contributed by atoms with van der Waals surface area (Å²) in [5, 5.41) is 87.8. The van der Waals surface area contributed by atoms with E-state index in [0.29, 0.717) is 0 Å². The quantitative estimate of drug-likeness (QED) is 0.201. The van der Waals surface area contributed by atoms with Crippen molar-refractivity contribution in [2.24, 2.45) is 0 Å². The molecule has 0 aromatic rings. The first-order chi connectivity index (χ1) is 12.0. The molecule has 27 heavy (non-hydrogen) atoms. The highest BCUT2D eigenvalue weighted by molar-refractivity contribution is 4.86. The van der Waals surface area contributed by atoms with Crippen LogP contribution in [0, 0.1) is 80.9 Å². The van der Waals surface area contributed by atoms with Crippen molar-refractivity contribution in [3.8, 4) is 0 Å². The molecular formula is C3N8O16. The second kappa shape index (κ2) is 6.25. The molecule has 0 atom stereocenters. The first-order valence-electron chi connectivity index (χ1n) is 5.21. The van der Waals surface area contributed by atoms with E-state index in [1.807, 2.05) is 0 Å². The second-order valence-electron chi connectivity index (χ2n) is 4.00. The van der Waals surface area contributed by atoms with Crippen molar-refractivity contribution in [1.82, 2.24) is 0 Å².